The molecule has 1 unspecified atom stereocenters. The molecule has 0 aromatic carbocycles. The Morgan fingerprint density at radius 2 is 1.70 bits per heavy atom. The molecule has 0 spiro atoms. The molecule has 0 aliphatic heterocycles. The Balaban J connectivity index is -0.000000414. The Labute approximate surface area is 144 Å². The van der Waals surface area contributed by atoms with E-state index in [1.807, 2.05) is 0 Å². The van der Waals surface area contributed by atoms with Gasteiger partial charge in [0.25, 0.3) is 0 Å². The van der Waals surface area contributed by atoms with Crippen molar-refractivity contribution in [3.05, 3.63) is 0 Å². The summed E-state index contributed by atoms with van der Waals surface area (Å²) in [5.74, 6) is -0.930. The molecule has 114 valence electrons. The fourth-order valence-corrected chi connectivity index (χ4v) is 1.28. The van der Waals surface area contributed by atoms with Gasteiger partial charge in [-0.25, -0.2) is 0 Å². The maximum atomic E-state index is 10.2. The summed E-state index contributed by atoms with van der Waals surface area (Å²) in [6, 6.07) is 0. The standard InChI is InChI=1S/C11H21NO2.C3H6O2.Na.H/c1-3-5-6-10(4-2)9-12-8-7-11(13)14;1-2-3(4)5;;/h8,10H,3-7,9H2,1-2H3,(H,13,14);2H2,1H3,(H,4,5);;. The van der Waals surface area contributed by atoms with Crippen LogP contribution in [0.15, 0.2) is 4.99 Å². The molecule has 0 rings (SSSR count). The Morgan fingerprint density at radius 1 is 1.15 bits per heavy atom. The van der Waals surface area contributed by atoms with Crippen LogP contribution in [-0.4, -0.2) is 64.5 Å². The zero-order valence-corrected chi connectivity index (χ0v) is 12.3. The van der Waals surface area contributed by atoms with Gasteiger partial charge in [0.05, 0.1) is 6.42 Å². The molecule has 0 fully saturated rings. The normalized spacial score (nSPS) is 11.2. The van der Waals surface area contributed by atoms with Crippen molar-refractivity contribution in [1.29, 1.82) is 0 Å². The van der Waals surface area contributed by atoms with Crippen molar-refractivity contribution < 1.29 is 19.8 Å². The molecule has 0 bridgehead atoms. The van der Waals surface area contributed by atoms with Crippen molar-refractivity contribution >= 4 is 47.7 Å². The number of aliphatic imine (C=N–C) groups is 1. The average Bonchev–Trinajstić information content (AvgIpc) is 2.38. The number of hydrogen-bond donors (Lipinski definition) is 2. The third-order valence-electron chi connectivity index (χ3n) is 2.60. The summed E-state index contributed by atoms with van der Waals surface area (Å²) < 4.78 is 0. The number of hydrogen-bond acceptors (Lipinski definition) is 3. The zero-order valence-electron chi connectivity index (χ0n) is 12.3. The first-order chi connectivity index (χ1) is 8.97. The van der Waals surface area contributed by atoms with Crippen LogP contribution in [0, 0.1) is 5.92 Å². The summed E-state index contributed by atoms with van der Waals surface area (Å²) >= 11 is 0. The van der Waals surface area contributed by atoms with Gasteiger partial charge in [-0.2, -0.15) is 0 Å². The zero-order chi connectivity index (χ0) is 15.1. The van der Waals surface area contributed by atoms with Gasteiger partial charge in [-0.05, 0) is 12.3 Å². The Kier molecular flexibility index (Phi) is 22.9. The third-order valence-corrected chi connectivity index (χ3v) is 2.60. The average molecular weight is 297 g/mol. The fourth-order valence-electron chi connectivity index (χ4n) is 1.28. The fraction of sp³-hybridized carbons (Fsp3) is 0.786. The van der Waals surface area contributed by atoms with Crippen molar-refractivity contribution in [3.63, 3.8) is 0 Å². The van der Waals surface area contributed by atoms with E-state index in [0.717, 1.165) is 13.0 Å². The van der Waals surface area contributed by atoms with Gasteiger partial charge in [-0.15, -0.1) is 0 Å². The maximum absolute atomic E-state index is 10.2. The van der Waals surface area contributed by atoms with Gasteiger partial charge in [0.2, 0.25) is 0 Å². The molecule has 2 N–H and O–H groups in total. The molecule has 0 saturated heterocycles. The van der Waals surface area contributed by atoms with E-state index < -0.39 is 11.9 Å². The summed E-state index contributed by atoms with van der Waals surface area (Å²) in [5.41, 5.74) is 0. The van der Waals surface area contributed by atoms with E-state index >= 15 is 0 Å². The van der Waals surface area contributed by atoms with Crippen LogP contribution in [0.3, 0.4) is 0 Å². The molecule has 1 atom stereocenters. The van der Waals surface area contributed by atoms with Gasteiger partial charge in [-0.3, -0.25) is 14.6 Å². The monoisotopic (exact) mass is 297 g/mol. The van der Waals surface area contributed by atoms with E-state index in [1.165, 1.54) is 25.5 Å². The molecule has 0 amide bonds. The van der Waals surface area contributed by atoms with Crippen molar-refractivity contribution in [2.24, 2.45) is 10.9 Å². The number of unbranched alkanes of at least 4 members (excludes halogenated alkanes) is 1. The molecule has 0 heterocycles. The minimum absolute atomic E-state index is 0. The predicted octanol–water partition coefficient (Wildman–Crippen LogP) is 2.58. The second-order valence-corrected chi connectivity index (χ2v) is 4.31. The van der Waals surface area contributed by atoms with Crippen LogP contribution in [0.5, 0.6) is 0 Å². The number of nitrogens with zero attached hydrogens (tertiary/aromatic N) is 1. The van der Waals surface area contributed by atoms with Crippen molar-refractivity contribution in [2.45, 2.75) is 59.3 Å². The molecule has 0 aromatic rings. The van der Waals surface area contributed by atoms with E-state index in [9.17, 15) is 9.59 Å². The van der Waals surface area contributed by atoms with Crippen molar-refractivity contribution in [2.75, 3.05) is 6.54 Å². The number of carboxylic acid groups (broad SMARTS) is 2. The first kappa shape index (κ1) is 24.6. The summed E-state index contributed by atoms with van der Waals surface area (Å²) in [5, 5.41) is 16.1. The Morgan fingerprint density at radius 3 is 2.05 bits per heavy atom. The number of rotatable bonds is 9. The molecule has 0 radical (unpaired) electrons. The summed E-state index contributed by atoms with van der Waals surface area (Å²) in [4.78, 5) is 23.7. The van der Waals surface area contributed by atoms with E-state index in [2.05, 4.69) is 18.8 Å². The third kappa shape index (κ3) is 22.8. The Hall–Kier alpha value is -0.390. The molecule has 0 aromatic heterocycles. The van der Waals surface area contributed by atoms with Crippen LogP contribution in [-0.2, 0) is 9.59 Å². The van der Waals surface area contributed by atoms with E-state index in [4.69, 9.17) is 10.2 Å². The second-order valence-electron chi connectivity index (χ2n) is 4.31. The minimum atomic E-state index is -0.810. The van der Waals surface area contributed by atoms with Crippen LogP contribution >= 0.6 is 0 Å². The quantitative estimate of drug-likeness (QED) is 0.506. The molecule has 20 heavy (non-hydrogen) atoms. The van der Waals surface area contributed by atoms with Gasteiger partial charge in [0.1, 0.15) is 0 Å². The molecular formula is C14H28NNaO4. The predicted molar refractivity (Wildman–Crippen MR) is 84.0 cm³/mol. The first-order valence-corrected chi connectivity index (χ1v) is 6.89. The van der Waals surface area contributed by atoms with Crippen LogP contribution in [0.1, 0.15) is 59.3 Å². The number of carbonyl (C=O) groups is 2. The van der Waals surface area contributed by atoms with Gasteiger partial charge in [-0.1, -0.05) is 40.0 Å². The van der Waals surface area contributed by atoms with Gasteiger partial charge >= 0.3 is 41.5 Å². The Bertz CT molecular complexity index is 270. The van der Waals surface area contributed by atoms with Crippen molar-refractivity contribution in [1.82, 2.24) is 0 Å². The number of carboxylic acids is 2. The first-order valence-electron chi connectivity index (χ1n) is 6.89. The summed E-state index contributed by atoms with van der Waals surface area (Å²) in [6.07, 6.45) is 6.57. The summed E-state index contributed by atoms with van der Waals surface area (Å²) in [6.45, 7) is 6.72. The summed E-state index contributed by atoms with van der Waals surface area (Å²) in [7, 11) is 0. The van der Waals surface area contributed by atoms with Gasteiger partial charge in [0.15, 0.2) is 0 Å². The van der Waals surface area contributed by atoms with Crippen LogP contribution in [0.4, 0.5) is 0 Å². The van der Waals surface area contributed by atoms with E-state index in [1.54, 1.807) is 6.92 Å². The van der Waals surface area contributed by atoms with Crippen LogP contribution < -0.4 is 0 Å². The van der Waals surface area contributed by atoms with E-state index in [-0.39, 0.29) is 42.4 Å². The molecule has 0 aliphatic carbocycles. The topological polar surface area (TPSA) is 87.0 Å². The van der Waals surface area contributed by atoms with Crippen molar-refractivity contribution in [3.8, 4) is 0 Å². The van der Waals surface area contributed by atoms with Gasteiger partial charge < -0.3 is 10.2 Å². The number of aliphatic carboxylic acids is 2. The molecule has 0 aliphatic rings. The molecule has 6 heteroatoms. The molecule has 5 nitrogen and oxygen atoms in total. The molecular weight excluding hydrogens is 269 g/mol. The van der Waals surface area contributed by atoms with Crippen LogP contribution in [0.25, 0.3) is 0 Å². The second kappa shape index (κ2) is 18.6. The van der Waals surface area contributed by atoms with Crippen LogP contribution in [0.2, 0.25) is 0 Å². The van der Waals surface area contributed by atoms with E-state index in [0.29, 0.717) is 5.92 Å². The van der Waals surface area contributed by atoms with Gasteiger partial charge in [0, 0.05) is 19.2 Å². The molecule has 0 saturated carbocycles. The SMILES string of the molecule is CCC(=O)O.CCCCC(CC)CN=CCC(=O)O.[NaH].